The average Bonchev–Trinajstić information content (AvgIpc) is 2.97. The molecule has 1 aromatic heterocycles. The van der Waals surface area contributed by atoms with Gasteiger partial charge in [-0.3, -0.25) is 14.6 Å². The summed E-state index contributed by atoms with van der Waals surface area (Å²) in [5.41, 5.74) is 1.17. The van der Waals surface area contributed by atoms with E-state index in [0.717, 1.165) is 0 Å². The van der Waals surface area contributed by atoms with Gasteiger partial charge in [0.1, 0.15) is 11.5 Å². The number of carbonyl (C=O) groups excluding carboxylic acids is 2. The highest BCUT2D eigenvalue weighted by atomic mass is 16.5. The van der Waals surface area contributed by atoms with Gasteiger partial charge in [0.25, 0.3) is 11.7 Å². The molecule has 7 heteroatoms. The first-order valence-electron chi connectivity index (χ1n) is 9.50. The predicted molar refractivity (Wildman–Crippen MR) is 109 cm³/mol. The zero-order valence-corrected chi connectivity index (χ0v) is 16.8. The summed E-state index contributed by atoms with van der Waals surface area (Å²) in [6.45, 7) is 3.29. The molecule has 0 aliphatic carbocycles. The highest BCUT2D eigenvalue weighted by molar-refractivity contribution is 6.46. The summed E-state index contributed by atoms with van der Waals surface area (Å²) in [6, 6.07) is 9.71. The number of ketones is 1. The number of amides is 1. The van der Waals surface area contributed by atoms with Gasteiger partial charge in [-0.25, -0.2) is 0 Å². The second kappa shape index (κ2) is 8.87. The summed E-state index contributed by atoms with van der Waals surface area (Å²) in [4.78, 5) is 33.2. The second-order valence-electron chi connectivity index (χ2n) is 7.04. The van der Waals surface area contributed by atoms with Crippen LogP contribution in [0.2, 0.25) is 0 Å². The third-order valence-electron chi connectivity index (χ3n) is 4.75. The van der Waals surface area contributed by atoms with E-state index < -0.39 is 17.7 Å². The van der Waals surface area contributed by atoms with Gasteiger partial charge in [-0.1, -0.05) is 18.2 Å². The highest BCUT2D eigenvalue weighted by Crippen LogP contribution is 2.39. The molecule has 1 unspecified atom stereocenters. The minimum atomic E-state index is -0.697. The van der Waals surface area contributed by atoms with Crippen LogP contribution in [0, 0.1) is 0 Å². The molecule has 1 amide bonds. The van der Waals surface area contributed by atoms with E-state index in [1.165, 1.54) is 4.90 Å². The maximum absolute atomic E-state index is 12.9. The molecule has 1 aliphatic rings. The standard InChI is InChI=1S/C22H25N3O4/c1-4-29-17-9-5-7-15(13-17)20(26)18-19(16-8-6-10-23-14-16)25(12-11-24(2)3)22(28)21(18)27/h5-10,13-14,19,26H,4,11-12H2,1-3H3. The monoisotopic (exact) mass is 395 g/mol. The molecule has 7 nitrogen and oxygen atoms in total. The molecule has 0 spiro atoms. The van der Waals surface area contributed by atoms with Crippen molar-refractivity contribution in [3.63, 3.8) is 0 Å². The van der Waals surface area contributed by atoms with Crippen molar-refractivity contribution in [3.05, 3.63) is 65.5 Å². The molecule has 2 heterocycles. The van der Waals surface area contributed by atoms with Gasteiger partial charge in [0.05, 0.1) is 18.2 Å². The van der Waals surface area contributed by atoms with E-state index >= 15 is 0 Å². The lowest BCUT2D eigenvalue weighted by atomic mass is 9.96. The predicted octanol–water partition coefficient (Wildman–Crippen LogP) is 2.46. The van der Waals surface area contributed by atoms with Crippen LogP contribution in [0.3, 0.4) is 0 Å². The van der Waals surface area contributed by atoms with Crippen molar-refractivity contribution in [3.8, 4) is 5.75 Å². The number of nitrogens with zero attached hydrogens (tertiary/aromatic N) is 3. The second-order valence-corrected chi connectivity index (χ2v) is 7.04. The van der Waals surface area contributed by atoms with Gasteiger partial charge in [0, 0.05) is 31.0 Å². The number of hydrogen-bond donors (Lipinski definition) is 1. The van der Waals surface area contributed by atoms with Crippen molar-refractivity contribution >= 4 is 17.4 Å². The fraction of sp³-hybridized carbons (Fsp3) is 0.318. The van der Waals surface area contributed by atoms with Crippen molar-refractivity contribution < 1.29 is 19.4 Å². The van der Waals surface area contributed by atoms with E-state index in [1.807, 2.05) is 25.9 Å². The number of benzene rings is 1. The Morgan fingerprint density at radius 3 is 2.69 bits per heavy atom. The summed E-state index contributed by atoms with van der Waals surface area (Å²) in [7, 11) is 3.80. The zero-order valence-electron chi connectivity index (χ0n) is 16.8. The summed E-state index contributed by atoms with van der Waals surface area (Å²) >= 11 is 0. The van der Waals surface area contributed by atoms with E-state index in [9.17, 15) is 14.7 Å². The largest absolute Gasteiger partial charge is 0.507 e. The molecule has 0 bridgehead atoms. The van der Waals surface area contributed by atoms with Crippen molar-refractivity contribution in [2.75, 3.05) is 33.8 Å². The molecule has 152 valence electrons. The molecule has 1 N–H and O–H groups in total. The van der Waals surface area contributed by atoms with Gasteiger partial charge >= 0.3 is 0 Å². The minimum Gasteiger partial charge on any atom is -0.507 e. The number of likely N-dealkylation sites (N-methyl/N-ethyl adjacent to an activating group) is 1. The molecule has 0 saturated carbocycles. The lowest BCUT2D eigenvalue weighted by Crippen LogP contribution is -2.35. The van der Waals surface area contributed by atoms with Crippen LogP contribution in [0.25, 0.3) is 5.76 Å². The topological polar surface area (TPSA) is 83.0 Å². The van der Waals surface area contributed by atoms with Crippen LogP contribution in [0.4, 0.5) is 0 Å². The highest BCUT2D eigenvalue weighted by Gasteiger charge is 2.46. The van der Waals surface area contributed by atoms with Gasteiger partial charge in [-0.15, -0.1) is 0 Å². The summed E-state index contributed by atoms with van der Waals surface area (Å²) in [5, 5.41) is 11.0. The van der Waals surface area contributed by atoms with E-state index in [1.54, 1.807) is 48.8 Å². The van der Waals surface area contributed by atoms with Gasteiger partial charge in [0.2, 0.25) is 0 Å². The number of pyridine rings is 1. The van der Waals surface area contributed by atoms with Crippen LogP contribution in [0.1, 0.15) is 24.1 Å². The molecule has 1 aromatic carbocycles. The van der Waals surface area contributed by atoms with Crippen LogP contribution in [0.5, 0.6) is 5.75 Å². The molecule has 1 aliphatic heterocycles. The maximum atomic E-state index is 12.9. The fourth-order valence-corrected chi connectivity index (χ4v) is 3.36. The lowest BCUT2D eigenvalue weighted by molar-refractivity contribution is -0.140. The van der Waals surface area contributed by atoms with E-state index in [4.69, 9.17) is 4.74 Å². The number of aromatic nitrogens is 1. The number of likely N-dealkylation sites (tertiary alicyclic amines) is 1. The molecule has 1 saturated heterocycles. The van der Waals surface area contributed by atoms with E-state index in [2.05, 4.69) is 4.98 Å². The molecule has 0 radical (unpaired) electrons. The average molecular weight is 395 g/mol. The van der Waals surface area contributed by atoms with Crippen LogP contribution >= 0.6 is 0 Å². The van der Waals surface area contributed by atoms with Crippen LogP contribution in [0.15, 0.2) is 54.4 Å². The quantitative estimate of drug-likeness (QED) is 0.441. The molecule has 3 rings (SSSR count). The van der Waals surface area contributed by atoms with Gasteiger partial charge in [-0.05, 0) is 44.8 Å². The number of hydrogen-bond acceptors (Lipinski definition) is 6. The SMILES string of the molecule is CCOc1cccc(C(O)=C2C(=O)C(=O)N(CCN(C)C)C2c2cccnc2)c1. The first kappa shape index (κ1) is 20.5. The van der Waals surface area contributed by atoms with E-state index in [0.29, 0.717) is 36.6 Å². The number of carbonyl (C=O) groups is 2. The Balaban J connectivity index is 2.11. The molecule has 2 aromatic rings. The first-order chi connectivity index (χ1) is 13.9. The molecule has 1 fully saturated rings. The Labute approximate surface area is 170 Å². The van der Waals surface area contributed by atoms with E-state index in [-0.39, 0.29) is 11.3 Å². The minimum absolute atomic E-state index is 0.0652. The maximum Gasteiger partial charge on any atom is 0.295 e. The Kier molecular flexibility index (Phi) is 6.29. The Morgan fingerprint density at radius 1 is 1.24 bits per heavy atom. The van der Waals surface area contributed by atoms with Crippen molar-refractivity contribution in [2.45, 2.75) is 13.0 Å². The molecule has 1 atom stereocenters. The van der Waals surface area contributed by atoms with Gasteiger partial charge in [0.15, 0.2) is 0 Å². The number of ether oxygens (including phenoxy) is 1. The molecular formula is C22H25N3O4. The Hall–Kier alpha value is -3.19. The number of aliphatic hydroxyl groups is 1. The van der Waals surface area contributed by atoms with Crippen molar-refractivity contribution in [1.82, 2.24) is 14.8 Å². The van der Waals surface area contributed by atoms with Crippen LogP contribution in [-0.4, -0.2) is 65.4 Å². The zero-order chi connectivity index (χ0) is 21.0. The number of rotatable bonds is 7. The van der Waals surface area contributed by atoms with Crippen LogP contribution < -0.4 is 4.74 Å². The smallest absolute Gasteiger partial charge is 0.295 e. The first-order valence-corrected chi connectivity index (χ1v) is 9.50. The fourth-order valence-electron chi connectivity index (χ4n) is 3.36. The van der Waals surface area contributed by atoms with Crippen molar-refractivity contribution in [2.24, 2.45) is 0 Å². The Morgan fingerprint density at radius 2 is 2.03 bits per heavy atom. The van der Waals surface area contributed by atoms with Gasteiger partial charge in [-0.2, -0.15) is 0 Å². The lowest BCUT2D eigenvalue weighted by Gasteiger charge is -2.26. The third kappa shape index (κ3) is 4.30. The third-order valence-corrected chi connectivity index (χ3v) is 4.75. The normalized spacial score (nSPS) is 18.5. The van der Waals surface area contributed by atoms with Crippen molar-refractivity contribution in [1.29, 1.82) is 0 Å². The number of aliphatic hydroxyl groups excluding tert-OH is 1. The van der Waals surface area contributed by atoms with Crippen LogP contribution in [-0.2, 0) is 9.59 Å². The van der Waals surface area contributed by atoms with Gasteiger partial charge < -0.3 is 19.6 Å². The Bertz CT molecular complexity index is 925. The summed E-state index contributed by atoms with van der Waals surface area (Å²) in [5.74, 6) is -0.956. The molecular weight excluding hydrogens is 370 g/mol. The number of Topliss-reactive ketones (excluding diaryl/α,β-unsaturated/α-hetero) is 1. The molecule has 29 heavy (non-hydrogen) atoms. The summed E-state index contributed by atoms with van der Waals surface area (Å²) < 4.78 is 5.49. The summed E-state index contributed by atoms with van der Waals surface area (Å²) in [6.07, 6.45) is 3.24.